The van der Waals surface area contributed by atoms with Gasteiger partial charge in [-0.25, -0.2) is 0 Å². The third kappa shape index (κ3) is 9.36. The van der Waals surface area contributed by atoms with E-state index in [9.17, 15) is 24.0 Å². The van der Waals surface area contributed by atoms with E-state index < -0.39 is 31.0 Å². The molecule has 0 aromatic carbocycles. The maximum absolute atomic E-state index is 11.7. The highest BCUT2D eigenvalue weighted by molar-refractivity contribution is 5.99. The summed E-state index contributed by atoms with van der Waals surface area (Å²) in [5.74, 6) is -4.15. The number of hydrogen-bond acceptors (Lipinski definition) is 8. The van der Waals surface area contributed by atoms with Crippen molar-refractivity contribution in [1.82, 2.24) is 19.6 Å². The normalized spacial score (nSPS) is 15.0. The molecule has 1 aliphatic rings. The molecule has 2 amide bonds. The first kappa shape index (κ1) is 25.4. The molecule has 13 nitrogen and oxygen atoms in total. The number of carbonyl (C=O) groups is 5. The van der Waals surface area contributed by atoms with Crippen molar-refractivity contribution >= 4 is 29.7 Å². The summed E-state index contributed by atoms with van der Waals surface area (Å²) in [6.07, 6.45) is 0. The molecule has 5 N–H and O–H groups in total. The number of nitrogens with zero attached hydrogens (tertiary/aromatic N) is 4. The van der Waals surface area contributed by atoms with Crippen LogP contribution < -0.4 is 0 Å². The first-order chi connectivity index (χ1) is 12.6. The molecule has 0 aliphatic carbocycles. The third-order valence-corrected chi connectivity index (χ3v) is 4.01. The Labute approximate surface area is 161 Å². The fourth-order valence-electron chi connectivity index (χ4n) is 2.57. The Kier molecular flexibility index (Phi) is 10.9. The molecule has 0 bridgehead atoms. The van der Waals surface area contributed by atoms with Crippen LogP contribution in [0.25, 0.3) is 0 Å². The first-order valence-corrected chi connectivity index (χ1v) is 8.20. The molecule has 1 fully saturated rings. The Morgan fingerprint density at radius 1 is 0.821 bits per heavy atom. The minimum atomic E-state index is -1.18. The van der Waals surface area contributed by atoms with Crippen LogP contribution in [0.5, 0.6) is 0 Å². The zero-order valence-corrected chi connectivity index (χ0v) is 15.5. The minimum absolute atomic E-state index is 0. The largest absolute Gasteiger partial charge is 0.480 e. The lowest BCUT2D eigenvalue weighted by Gasteiger charge is -2.32. The van der Waals surface area contributed by atoms with Gasteiger partial charge in [0.25, 0.3) is 0 Å². The summed E-state index contributed by atoms with van der Waals surface area (Å²) in [5, 5.41) is 26.7. The van der Waals surface area contributed by atoms with Gasteiger partial charge < -0.3 is 20.8 Å². The molecule has 0 saturated carbocycles. The molecule has 0 atom stereocenters. The molecule has 1 saturated heterocycles. The number of aliphatic carboxylic acids is 3. The van der Waals surface area contributed by atoms with E-state index in [1.54, 1.807) is 4.90 Å². The second-order valence-corrected chi connectivity index (χ2v) is 6.23. The summed E-state index contributed by atoms with van der Waals surface area (Å²) in [6, 6.07) is 0. The zero-order chi connectivity index (χ0) is 20.6. The van der Waals surface area contributed by atoms with Crippen molar-refractivity contribution in [3.8, 4) is 0 Å². The van der Waals surface area contributed by atoms with Crippen molar-refractivity contribution in [2.24, 2.45) is 0 Å². The maximum atomic E-state index is 11.7. The van der Waals surface area contributed by atoms with Gasteiger partial charge >= 0.3 is 17.9 Å². The van der Waals surface area contributed by atoms with Gasteiger partial charge in [0.1, 0.15) is 0 Å². The fourth-order valence-corrected chi connectivity index (χ4v) is 2.57. The number of piperazine rings is 1. The van der Waals surface area contributed by atoms with E-state index in [2.05, 4.69) is 0 Å². The Balaban J connectivity index is 0.00000729. The summed E-state index contributed by atoms with van der Waals surface area (Å²) in [6.45, 7) is -0.510. The minimum Gasteiger partial charge on any atom is -0.480 e. The lowest BCUT2D eigenvalue weighted by Crippen LogP contribution is -2.54. The van der Waals surface area contributed by atoms with Crippen LogP contribution in [-0.2, 0) is 24.0 Å². The van der Waals surface area contributed by atoms with E-state index in [0.29, 0.717) is 0 Å². The first-order valence-electron chi connectivity index (χ1n) is 8.20. The number of imide groups is 1. The second-order valence-electron chi connectivity index (χ2n) is 6.23. The number of rotatable bonds is 12. The Bertz CT molecular complexity index is 564. The Hall–Kier alpha value is -2.61. The van der Waals surface area contributed by atoms with Crippen molar-refractivity contribution in [3.63, 3.8) is 0 Å². The van der Waals surface area contributed by atoms with Crippen molar-refractivity contribution in [2.75, 3.05) is 66.0 Å². The van der Waals surface area contributed by atoms with E-state index in [-0.39, 0.29) is 63.1 Å². The Morgan fingerprint density at radius 2 is 1.21 bits per heavy atom. The monoisotopic (exact) mass is 406 g/mol. The molecule has 0 aromatic heterocycles. The summed E-state index contributed by atoms with van der Waals surface area (Å²) in [5.41, 5.74) is 0. The maximum Gasteiger partial charge on any atom is 0.317 e. The Morgan fingerprint density at radius 3 is 1.64 bits per heavy atom. The van der Waals surface area contributed by atoms with Gasteiger partial charge in [0.2, 0.25) is 11.8 Å². The lowest BCUT2D eigenvalue weighted by atomic mass is 10.3. The molecule has 1 aliphatic heterocycles. The lowest BCUT2D eigenvalue weighted by molar-refractivity contribution is -0.150. The number of carboxylic acid groups (broad SMARTS) is 3. The molecular formula is C15H26N4O9. The molecule has 0 unspecified atom stereocenters. The van der Waals surface area contributed by atoms with Gasteiger partial charge in [0.05, 0.1) is 32.7 Å². The quantitative estimate of drug-likeness (QED) is 0.270. The molecular weight excluding hydrogens is 380 g/mol. The third-order valence-electron chi connectivity index (χ3n) is 4.01. The van der Waals surface area contributed by atoms with Crippen LogP contribution in [0.2, 0.25) is 0 Å². The van der Waals surface area contributed by atoms with Crippen molar-refractivity contribution in [2.45, 2.75) is 0 Å². The molecule has 0 spiro atoms. The van der Waals surface area contributed by atoms with E-state index in [4.69, 9.17) is 15.3 Å². The van der Waals surface area contributed by atoms with Crippen LogP contribution >= 0.6 is 0 Å². The van der Waals surface area contributed by atoms with Crippen LogP contribution in [0.15, 0.2) is 0 Å². The number of amides is 2. The van der Waals surface area contributed by atoms with Gasteiger partial charge in [-0.1, -0.05) is 0 Å². The van der Waals surface area contributed by atoms with Gasteiger partial charge in [-0.3, -0.25) is 43.6 Å². The predicted molar refractivity (Wildman–Crippen MR) is 93.6 cm³/mol. The molecule has 0 aromatic rings. The van der Waals surface area contributed by atoms with Crippen LogP contribution in [-0.4, -0.2) is 136 Å². The molecule has 28 heavy (non-hydrogen) atoms. The molecule has 0 radical (unpaired) electrons. The average molecular weight is 406 g/mol. The van der Waals surface area contributed by atoms with E-state index in [0.717, 1.165) is 4.90 Å². The highest BCUT2D eigenvalue weighted by atomic mass is 16.4. The SMILES string of the molecule is CN1C(=O)CN(CCN(CCN(CC(=O)O)CC(=O)O)CC(=O)O)CC1=O.O. The number of likely N-dealkylation sites (N-methyl/N-ethyl adjacent to an activating group) is 1. The summed E-state index contributed by atoms with van der Waals surface area (Å²) < 4.78 is 0. The van der Waals surface area contributed by atoms with Gasteiger partial charge in [-0.15, -0.1) is 0 Å². The van der Waals surface area contributed by atoms with Crippen molar-refractivity contribution < 1.29 is 44.8 Å². The molecule has 1 rings (SSSR count). The van der Waals surface area contributed by atoms with Gasteiger partial charge in [0.15, 0.2) is 0 Å². The standard InChI is InChI=1S/C15H24N4O8.H2O/c1-16-11(20)6-18(7-12(16)21)4-2-17(8-13(22)23)3-5-19(9-14(24)25)10-15(26)27;/h2-10H2,1H3,(H,22,23)(H,24,25)(H,26,27);1H2. The van der Waals surface area contributed by atoms with Gasteiger partial charge in [-0.05, 0) is 0 Å². The van der Waals surface area contributed by atoms with Crippen LogP contribution in [0, 0.1) is 0 Å². The average Bonchev–Trinajstić information content (AvgIpc) is 2.53. The van der Waals surface area contributed by atoms with E-state index in [1.807, 2.05) is 0 Å². The number of carbonyl (C=O) groups excluding carboxylic acids is 2. The summed E-state index contributed by atoms with van der Waals surface area (Å²) >= 11 is 0. The predicted octanol–water partition coefficient (Wildman–Crippen LogP) is -3.68. The van der Waals surface area contributed by atoms with E-state index in [1.165, 1.54) is 16.8 Å². The topological polar surface area (TPSA) is 190 Å². The highest BCUT2D eigenvalue weighted by Crippen LogP contribution is 2.03. The van der Waals surface area contributed by atoms with Crippen LogP contribution in [0.4, 0.5) is 0 Å². The van der Waals surface area contributed by atoms with Gasteiger partial charge in [0, 0.05) is 33.2 Å². The molecule has 13 heteroatoms. The van der Waals surface area contributed by atoms with Crippen LogP contribution in [0.3, 0.4) is 0 Å². The zero-order valence-electron chi connectivity index (χ0n) is 15.5. The summed E-state index contributed by atoms with van der Waals surface area (Å²) in [4.78, 5) is 61.4. The van der Waals surface area contributed by atoms with E-state index >= 15 is 0 Å². The van der Waals surface area contributed by atoms with Crippen LogP contribution in [0.1, 0.15) is 0 Å². The van der Waals surface area contributed by atoms with Crippen molar-refractivity contribution in [1.29, 1.82) is 0 Å². The second kappa shape index (κ2) is 12.0. The highest BCUT2D eigenvalue weighted by Gasteiger charge is 2.28. The number of hydrogen-bond donors (Lipinski definition) is 3. The molecule has 160 valence electrons. The molecule has 1 heterocycles. The fraction of sp³-hybridized carbons (Fsp3) is 0.667. The smallest absolute Gasteiger partial charge is 0.317 e. The van der Waals surface area contributed by atoms with Gasteiger partial charge in [-0.2, -0.15) is 0 Å². The summed E-state index contributed by atoms with van der Waals surface area (Å²) in [7, 11) is 1.40. The van der Waals surface area contributed by atoms with Crippen molar-refractivity contribution in [3.05, 3.63) is 0 Å². The number of carboxylic acids is 3.